The van der Waals surface area contributed by atoms with Gasteiger partial charge in [0.2, 0.25) is 10.0 Å². The van der Waals surface area contributed by atoms with Crippen LogP contribution in [0.1, 0.15) is 12.0 Å². The largest absolute Gasteiger partial charge is 0.378 e. The lowest BCUT2D eigenvalue weighted by Crippen LogP contribution is -2.25. The molecular weight excluding hydrogens is 412 g/mol. The van der Waals surface area contributed by atoms with E-state index in [0.29, 0.717) is 36.6 Å². The highest BCUT2D eigenvalue weighted by Crippen LogP contribution is 2.25. The number of rotatable bonds is 5. The molecule has 1 aliphatic heterocycles. The Hall–Kier alpha value is -2.84. The van der Waals surface area contributed by atoms with Gasteiger partial charge in [-0.05, 0) is 36.2 Å². The molecule has 0 atom stereocenters. The molecule has 7 nitrogen and oxygen atoms in total. The van der Waals surface area contributed by atoms with Crippen molar-refractivity contribution in [3.05, 3.63) is 81.7 Å². The Kier molecular flexibility index (Phi) is 5.29. The van der Waals surface area contributed by atoms with Gasteiger partial charge < -0.3 is 5.32 Å². The summed E-state index contributed by atoms with van der Waals surface area (Å²) in [5.74, 6) is 0.175. The molecule has 0 amide bonds. The van der Waals surface area contributed by atoms with E-state index in [9.17, 15) is 13.2 Å². The normalized spacial score (nSPS) is 15.4. The number of nitrogens with one attached hydrogen (secondary N) is 1. The fourth-order valence-electron chi connectivity index (χ4n) is 3.26. The molecule has 1 saturated heterocycles. The van der Waals surface area contributed by atoms with Crippen molar-refractivity contribution in [3.63, 3.8) is 0 Å². The summed E-state index contributed by atoms with van der Waals surface area (Å²) in [4.78, 5) is 12.6. The van der Waals surface area contributed by atoms with Crippen LogP contribution in [0, 0.1) is 0 Å². The van der Waals surface area contributed by atoms with Crippen LogP contribution in [-0.4, -0.2) is 30.5 Å². The maximum Gasteiger partial charge on any atom is 0.292 e. The number of para-hydroxylation sites is 1. The van der Waals surface area contributed by atoms with Crippen molar-refractivity contribution in [3.8, 4) is 5.69 Å². The van der Waals surface area contributed by atoms with Crippen LogP contribution in [0.2, 0.25) is 5.02 Å². The van der Waals surface area contributed by atoms with Crippen LogP contribution in [0.5, 0.6) is 0 Å². The molecule has 1 aromatic heterocycles. The molecule has 2 heterocycles. The fraction of sp³-hybridized carbons (Fsp3) is 0.200. The quantitative estimate of drug-likeness (QED) is 0.672. The highest BCUT2D eigenvalue weighted by atomic mass is 35.5. The van der Waals surface area contributed by atoms with Gasteiger partial charge in [0.25, 0.3) is 5.56 Å². The molecule has 1 fully saturated rings. The van der Waals surface area contributed by atoms with Crippen molar-refractivity contribution in [2.75, 3.05) is 21.9 Å². The first-order valence-electron chi connectivity index (χ1n) is 9.12. The van der Waals surface area contributed by atoms with Crippen LogP contribution in [0.15, 0.2) is 65.6 Å². The Labute approximate surface area is 173 Å². The van der Waals surface area contributed by atoms with Gasteiger partial charge in [-0.1, -0.05) is 41.9 Å². The topological polar surface area (TPSA) is 84.3 Å². The Morgan fingerprint density at radius 2 is 1.83 bits per heavy atom. The third kappa shape index (κ3) is 3.99. The molecule has 0 bridgehead atoms. The first-order valence-corrected chi connectivity index (χ1v) is 11.1. The fourth-order valence-corrected chi connectivity index (χ4v) is 5.01. The zero-order valence-corrected chi connectivity index (χ0v) is 17.0. The Bertz CT molecular complexity index is 1200. The smallest absolute Gasteiger partial charge is 0.292 e. The number of nitrogens with zero attached hydrogens (tertiary/aromatic N) is 3. The van der Waals surface area contributed by atoms with Gasteiger partial charge in [-0.3, -0.25) is 9.10 Å². The van der Waals surface area contributed by atoms with Crippen molar-refractivity contribution in [1.82, 2.24) is 9.78 Å². The number of halogens is 1. The second kappa shape index (κ2) is 7.88. The maximum absolute atomic E-state index is 12.6. The van der Waals surface area contributed by atoms with E-state index in [1.165, 1.54) is 15.2 Å². The summed E-state index contributed by atoms with van der Waals surface area (Å²) in [5, 5.41) is 7.35. The number of hydrogen-bond donors (Lipinski definition) is 1. The lowest BCUT2D eigenvalue weighted by atomic mass is 10.2. The van der Waals surface area contributed by atoms with E-state index < -0.39 is 15.6 Å². The highest BCUT2D eigenvalue weighted by molar-refractivity contribution is 7.93. The molecule has 2 aromatic carbocycles. The lowest BCUT2D eigenvalue weighted by molar-refractivity contribution is 0.599. The van der Waals surface area contributed by atoms with Crippen molar-refractivity contribution in [2.24, 2.45) is 0 Å². The van der Waals surface area contributed by atoms with E-state index in [-0.39, 0.29) is 10.8 Å². The molecule has 9 heteroatoms. The van der Waals surface area contributed by atoms with Crippen LogP contribution < -0.4 is 15.2 Å². The van der Waals surface area contributed by atoms with Crippen molar-refractivity contribution >= 4 is 33.0 Å². The molecule has 0 unspecified atom stereocenters. The maximum atomic E-state index is 12.6. The average molecular weight is 431 g/mol. The molecule has 0 saturated carbocycles. The SMILES string of the molecule is O=c1c(Cl)c(NCc2cccc(N3CCCS3(=O)=O)c2)cnn1-c1ccccc1. The van der Waals surface area contributed by atoms with Gasteiger partial charge in [0.05, 0.1) is 29.0 Å². The summed E-state index contributed by atoms with van der Waals surface area (Å²) in [6.45, 7) is 0.866. The molecule has 4 rings (SSSR count). The van der Waals surface area contributed by atoms with Crippen molar-refractivity contribution < 1.29 is 8.42 Å². The highest BCUT2D eigenvalue weighted by Gasteiger charge is 2.28. The van der Waals surface area contributed by atoms with Crippen LogP contribution in [-0.2, 0) is 16.6 Å². The van der Waals surface area contributed by atoms with E-state index in [4.69, 9.17) is 11.6 Å². The van der Waals surface area contributed by atoms with Gasteiger partial charge in [-0.2, -0.15) is 9.78 Å². The Morgan fingerprint density at radius 3 is 2.55 bits per heavy atom. The molecule has 1 aliphatic rings. The van der Waals surface area contributed by atoms with Crippen LogP contribution in [0.25, 0.3) is 5.69 Å². The minimum atomic E-state index is -3.23. The zero-order valence-electron chi connectivity index (χ0n) is 15.5. The van der Waals surface area contributed by atoms with Gasteiger partial charge in [0, 0.05) is 13.1 Å². The number of benzene rings is 2. The summed E-state index contributed by atoms with van der Waals surface area (Å²) in [6, 6.07) is 16.3. The molecule has 29 heavy (non-hydrogen) atoms. The van der Waals surface area contributed by atoms with Crippen LogP contribution in [0.4, 0.5) is 11.4 Å². The predicted molar refractivity (Wildman–Crippen MR) is 114 cm³/mol. The predicted octanol–water partition coefficient (Wildman–Crippen LogP) is 3.04. The second-order valence-corrected chi connectivity index (χ2v) is 9.08. The minimum absolute atomic E-state index is 0.0436. The number of hydrogen-bond acceptors (Lipinski definition) is 5. The molecule has 3 aromatic rings. The summed E-state index contributed by atoms with van der Waals surface area (Å²) in [6.07, 6.45) is 2.13. The van der Waals surface area contributed by atoms with Crippen LogP contribution >= 0.6 is 11.6 Å². The first-order chi connectivity index (χ1) is 14.0. The van der Waals surface area contributed by atoms with E-state index in [0.717, 1.165) is 5.56 Å². The Balaban J connectivity index is 1.54. The van der Waals surface area contributed by atoms with Gasteiger partial charge in [-0.25, -0.2) is 8.42 Å². The molecule has 0 radical (unpaired) electrons. The lowest BCUT2D eigenvalue weighted by Gasteiger charge is -2.18. The molecule has 0 spiro atoms. The zero-order chi connectivity index (χ0) is 20.4. The van der Waals surface area contributed by atoms with E-state index in [1.807, 2.05) is 36.4 Å². The number of aromatic nitrogens is 2. The first kappa shape index (κ1) is 19.5. The van der Waals surface area contributed by atoms with Crippen LogP contribution in [0.3, 0.4) is 0 Å². The van der Waals surface area contributed by atoms with Gasteiger partial charge in [0.15, 0.2) is 0 Å². The third-order valence-corrected chi connectivity index (χ3v) is 6.94. The summed E-state index contributed by atoms with van der Waals surface area (Å²) in [7, 11) is -3.23. The van der Waals surface area contributed by atoms with E-state index in [1.54, 1.807) is 18.2 Å². The van der Waals surface area contributed by atoms with Gasteiger partial charge in [0.1, 0.15) is 5.02 Å². The van der Waals surface area contributed by atoms with Crippen molar-refractivity contribution in [1.29, 1.82) is 0 Å². The van der Waals surface area contributed by atoms with E-state index in [2.05, 4.69) is 10.4 Å². The number of sulfonamides is 1. The van der Waals surface area contributed by atoms with E-state index >= 15 is 0 Å². The molecule has 0 aliphatic carbocycles. The third-order valence-electron chi connectivity index (χ3n) is 4.70. The minimum Gasteiger partial charge on any atom is -0.378 e. The summed E-state index contributed by atoms with van der Waals surface area (Å²) < 4.78 is 26.9. The molecular formula is C20H19ClN4O3S. The Morgan fingerprint density at radius 1 is 1.07 bits per heavy atom. The summed E-state index contributed by atoms with van der Waals surface area (Å²) in [5.41, 5.74) is 2.15. The van der Waals surface area contributed by atoms with Gasteiger partial charge >= 0.3 is 0 Å². The van der Waals surface area contributed by atoms with Crippen molar-refractivity contribution in [2.45, 2.75) is 13.0 Å². The standard InChI is InChI=1S/C20H19ClN4O3S/c21-19-18(14-23-25(20(19)26)16-7-2-1-3-8-16)22-13-15-6-4-9-17(12-15)24-10-5-11-29(24,27)28/h1-4,6-9,12,14,22H,5,10-11,13H2. The molecule has 150 valence electrons. The second-order valence-electron chi connectivity index (χ2n) is 6.69. The summed E-state index contributed by atoms with van der Waals surface area (Å²) >= 11 is 6.26. The monoisotopic (exact) mass is 430 g/mol. The average Bonchev–Trinajstić information content (AvgIpc) is 3.09. The number of anilines is 2. The molecule has 1 N–H and O–H groups in total. The van der Waals surface area contributed by atoms with Gasteiger partial charge in [-0.15, -0.1) is 0 Å².